The molecule has 8 nitrogen and oxygen atoms in total. The molecule has 1 saturated heterocycles. The van der Waals surface area contributed by atoms with E-state index < -0.39 is 44.6 Å². The van der Waals surface area contributed by atoms with Crippen molar-refractivity contribution < 1.29 is 43.5 Å². The predicted molar refractivity (Wildman–Crippen MR) is 173 cm³/mol. The van der Waals surface area contributed by atoms with Crippen LogP contribution in [-0.2, 0) is 26.1 Å². The second-order valence-electron chi connectivity index (χ2n) is 11.7. The fourth-order valence-electron chi connectivity index (χ4n) is 5.99. The number of sulfone groups is 2. The summed E-state index contributed by atoms with van der Waals surface area (Å²) in [6.45, 7) is -2.27. The lowest BCUT2D eigenvalue weighted by Gasteiger charge is -2.39. The molecule has 3 aromatic rings. The van der Waals surface area contributed by atoms with Crippen LogP contribution in [0.2, 0.25) is 0 Å². The van der Waals surface area contributed by atoms with Crippen molar-refractivity contribution in [1.29, 1.82) is 0 Å². The van der Waals surface area contributed by atoms with E-state index in [-0.39, 0.29) is 45.1 Å². The number of nitrogens with zero attached hydrogens (tertiary/aromatic N) is 1. The van der Waals surface area contributed by atoms with Crippen LogP contribution in [0.1, 0.15) is 36.1 Å². The summed E-state index contributed by atoms with van der Waals surface area (Å²) in [4.78, 5) is 2.26. The number of hydrogen-bond acceptors (Lipinski definition) is 9. The monoisotopic (exact) mass is 719 g/mol. The summed E-state index contributed by atoms with van der Waals surface area (Å²) in [5.74, 6) is 5.53. The fourth-order valence-corrected chi connectivity index (χ4v) is 9.03. The van der Waals surface area contributed by atoms with Crippen molar-refractivity contribution in [2.24, 2.45) is 0 Å². The van der Waals surface area contributed by atoms with Crippen LogP contribution in [0.4, 0.5) is 33.3 Å². The van der Waals surface area contributed by atoms with Crippen LogP contribution in [-0.4, -0.2) is 84.0 Å². The molecule has 16 heteroatoms. The molecule has 1 aliphatic carbocycles. The first-order valence-corrected chi connectivity index (χ1v) is 19.4. The molecule has 0 radical (unpaired) electrons. The van der Waals surface area contributed by atoms with Gasteiger partial charge in [-0.05, 0) is 54.8 Å². The number of ether oxygens (including phenoxy) is 1. The van der Waals surface area contributed by atoms with Gasteiger partial charge in [0.25, 0.3) is 0 Å². The highest BCUT2D eigenvalue weighted by atomic mass is 32.2. The number of rotatable bonds is 9. The number of hydrogen-bond donors (Lipinski definition) is 2. The van der Waals surface area contributed by atoms with Crippen molar-refractivity contribution in [3.8, 4) is 17.6 Å². The molecule has 2 heterocycles. The zero-order valence-corrected chi connectivity index (χ0v) is 27.8. The van der Waals surface area contributed by atoms with Gasteiger partial charge in [-0.15, -0.1) is 11.3 Å². The quantitative estimate of drug-likeness (QED) is 0.207. The number of fused-ring (bicyclic) bond motifs is 1. The molecule has 2 aliphatic rings. The Balaban J connectivity index is 1.32. The Kier molecular flexibility index (Phi) is 10.6. The van der Waals surface area contributed by atoms with Gasteiger partial charge in [0.1, 0.15) is 0 Å². The van der Waals surface area contributed by atoms with E-state index in [9.17, 15) is 38.8 Å². The third-order valence-electron chi connectivity index (χ3n) is 8.31. The van der Waals surface area contributed by atoms with E-state index in [1.807, 2.05) is 6.07 Å². The summed E-state index contributed by atoms with van der Waals surface area (Å²) in [7, 11) is -6.65. The highest BCUT2D eigenvalue weighted by Gasteiger charge is 2.32. The van der Waals surface area contributed by atoms with Crippen molar-refractivity contribution in [3.63, 3.8) is 0 Å². The fraction of sp³-hybridized carbons (Fsp3) is 0.484. The van der Waals surface area contributed by atoms with E-state index >= 15 is 0 Å². The lowest BCUT2D eigenvalue weighted by Crippen LogP contribution is -2.48. The van der Waals surface area contributed by atoms with Crippen LogP contribution < -0.4 is 15.4 Å². The summed E-state index contributed by atoms with van der Waals surface area (Å²) in [6, 6.07) is 9.04. The van der Waals surface area contributed by atoms with Gasteiger partial charge in [0.2, 0.25) is 0 Å². The molecule has 1 saturated carbocycles. The molecule has 47 heavy (non-hydrogen) atoms. The van der Waals surface area contributed by atoms with Crippen LogP contribution in [0, 0.1) is 11.8 Å². The largest absolute Gasteiger partial charge is 0.433 e. The molecule has 0 amide bonds. The molecule has 0 unspecified atom stereocenters. The maximum atomic E-state index is 13.7. The van der Waals surface area contributed by atoms with Gasteiger partial charge in [0.05, 0.1) is 50.3 Å². The van der Waals surface area contributed by atoms with E-state index in [2.05, 4.69) is 32.1 Å². The van der Waals surface area contributed by atoms with Crippen molar-refractivity contribution in [3.05, 3.63) is 46.8 Å². The minimum atomic E-state index is -4.48. The number of nitrogens with one attached hydrogen (secondary N) is 2. The average molecular weight is 720 g/mol. The van der Waals surface area contributed by atoms with Crippen molar-refractivity contribution in [2.45, 2.75) is 61.9 Å². The lowest BCUT2D eigenvalue weighted by molar-refractivity contribution is -0.127. The summed E-state index contributed by atoms with van der Waals surface area (Å²) >= 11 is 1.15. The summed E-state index contributed by atoms with van der Waals surface area (Å²) in [5.41, 5.74) is 0.816. The first kappa shape index (κ1) is 35.2. The number of benzene rings is 2. The molecule has 0 spiro atoms. The molecule has 2 N–H and O–H groups in total. The third kappa shape index (κ3) is 9.27. The Labute approximate surface area is 274 Å². The highest BCUT2D eigenvalue weighted by Crippen LogP contribution is 2.40. The van der Waals surface area contributed by atoms with Gasteiger partial charge in [-0.1, -0.05) is 24.0 Å². The first-order valence-electron chi connectivity index (χ1n) is 14.9. The molecule has 5 rings (SSSR count). The topological polar surface area (TPSA) is 105 Å². The van der Waals surface area contributed by atoms with E-state index in [1.54, 1.807) is 12.1 Å². The SMILES string of the molecule is CS(=O)(=O)c1ccc(NCC#Cc2sc3c(NC4CCC(N5CCS(=O)(=O)CC5)CC4)cccc3c2CC(F)(F)F)c(OC(F)F)c1. The molecule has 2 fully saturated rings. The van der Waals surface area contributed by atoms with E-state index in [1.165, 1.54) is 12.1 Å². The molecule has 256 valence electrons. The van der Waals surface area contributed by atoms with Gasteiger partial charge in [-0.25, -0.2) is 16.8 Å². The van der Waals surface area contributed by atoms with Crippen molar-refractivity contribution in [1.82, 2.24) is 4.90 Å². The average Bonchev–Trinajstić information content (AvgIpc) is 3.32. The molecular formula is C31H34F5N3O5S3. The summed E-state index contributed by atoms with van der Waals surface area (Å²) in [5, 5.41) is 6.75. The highest BCUT2D eigenvalue weighted by molar-refractivity contribution is 7.91. The van der Waals surface area contributed by atoms with Gasteiger partial charge < -0.3 is 15.4 Å². The van der Waals surface area contributed by atoms with Crippen molar-refractivity contribution in [2.75, 3.05) is 48.0 Å². The van der Waals surface area contributed by atoms with E-state index in [4.69, 9.17) is 0 Å². The van der Waals surface area contributed by atoms with Gasteiger partial charge in [0.15, 0.2) is 25.4 Å². The molecule has 0 atom stereocenters. The normalized spacial score (nSPS) is 20.5. The summed E-state index contributed by atoms with van der Waals surface area (Å²) in [6.07, 6.45) is -1.27. The summed E-state index contributed by atoms with van der Waals surface area (Å²) < 4.78 is 119. The number of alkyl halides is 5. The Morgan fingerprint density at radius 1 is 1.06 bits per heavy atom. The van der Waals surface area contributed by atoms with Gasteiger partial charge in [-0.3, -0.25) is 4.90 Å². The number of halogens is 5. The van der Waals surface area contributed by atoms with E-state index in [0.29, 0.717) is 29.2 Å². The third-order valence-corrected chi connectivity index (χ3v) is 12.2. The lowest BCUT2D eigenvalue weighted by atomic mass is 9.90. The maximum Gasteiger partial charge on any atom is 0.393 e. The standard InChI is InChI=1S/C31H34F5N3O5S3/c1-46(40,41)22-11-12-25(27(18-22)44-30(32)33)37-13-3-6-28-24(19-31(34,35)36)23-4-2-5-26(29(23)45-28)38-20-7-9-21(10-8-20)39-14-16-47(42,43)17-15-39/h2,4-5,11-12,18,20-21,30,37-38H,7-10,13-17,19H2,1H3. The van der Waals surface area contributed by atoms with E-state index in [0.717, 1.165) is 55.0 Å². The zero-order valence-electron chi connectivity index (χ0n) is 25.4. The Morgan fingerprint density at radius 2 is 1.77 bits per heavy atom. The van der Waals surface area contributed by atoms with Gasteiger partial charge >= 0.3 is 12.8 Å². The molecule has 1 aliphatic heterocycles. The minimum absolute atomic E-state index is 0.0467. The van der Waals surface area contributed by atoms with Gasteiger partial charge in [-0.2, -0.15) is 22.0 Å². The van der Waals surface area contributed by atoms with Gasteiger partial charge in [0, 0.05) is 37.5 Å². The second-order valence-corrected chi connectivity index (χ2v) is 17.0. The zero-order chi connectivity index (χ0) is 34.0. The number of anilines is 2. The second kappa shape index (κ2) is 14.2. The minimum Gasteiger partial charge on any atom is -0.433 e. The predicted octanol–water partition coefficient (Wildman–Crippen LogP) is 5.93. The Hall–Kier alpha value is -3.13. The maximum absolute atomic E-state index is 13.7. The molecule has 0 bridgehead atoms. The molecule has 1 aromatic heterocycles. The molecule has 2 aromatic carbocycles. The van der Waals surface area contributed by atoms with Crippen LogP contribution in [0.5, 0.6) is 5.75 Å². The van der Waals surface area contributed by atoms with Crippen LogP contribution in [0.15, 0.2) is 41.3 Å². The van der Waals surface area contributed by atoms with Crippen molar-refractivity contribution >= 4 is 52.5 Å². The van der Waals surface area contributed by atoms with Crippen LogP contribution >= 0.6 is 11.3 Å². The smallest absolute Gasteiger partial charge is 0.393 e. The Bertz CT molecular complexity index is 1860. The van der Waals surface area contributed by atoms with Crippen LogP contribution in [0.25, 0.3) is 10.1 Å². The molecular weight excluding hydrogens is 686 g/mol. The number of thiophene rings is 1. The first-order chi connectivity index (χ1) is 22.1. The Morgan fingerprint density at radius 3 is 2.40 bits per heavy atom. The van der Waals surface area contributed by atoms with Crippen LogP contribution in [0.3, 0.4) is 0 Å².